The fourth-order valence-electron chi connectivity index (χ4n) is 3.62. The number of hydrogen-bond donors (Lipinski definition) is 1. The van der Waals surface area contributed by atoms with Crippen molar-refractivity contribution in [2.45, 2.75) is 33.1 Å². The van der Waals surface area contributed by atoms with Crippen LogP contribution in [-0.4, -0.2) is 47.9 Å². The van der Waals surface area contributed by atoms with Crippen LogP contribution in [0.1, 0.15) is 40.7 Å². The molecule has 1 atom stereocenters. The van der Waals surface area contributed by atoms with Crippen LogP contribution in [0.4, 0.5) is 0 Å². The number of halogens is 1. The minimum Gasteiger partial charge on any atom is -0.493 e. The van der Waals surface area contributed by atoms with E-state index in [1.807, 2.05) is 36.9 Å². The molecule has 1 saturated heterocycles. The molecule has 1 N–H and O–H groups in total. The molecular formula is C23H28ClN3O3. The summed E-state index contributed by atoms with van der Waals surface area (Å²) in [6.07, 6.45) is 5.26. The third-order valence-corrected chi connectivity index (χ3v) is 5.66. The number of likely N-dealkylation sites (tertiary alicyclic amines) is 1. The Morgan fingerprint density at radius 2 is 2.13 bits per heavy atom. The molecule has 0 bridgehead atoms. The molecule has 6 nitrogen and oxygen atoms in total. The second kappa shape index (κ2) is 10.4. The molecular weight excluding hydrogens is 402 g/mol. The number of aromatic nitrogens is 1. The molecule has 0 aliphatic carbocycles. The van der Waals surface area contributed by atoms with Gasteiger partial charge in [0.15, 0.2) is 0 Å². The number of nitrogens with one attached hydrogen (secondary N) is 1. The molecule has 2 amide bonds. The molecule has 30 heavy (non-hydrogen) atoms. The number of carbonyl (C=O) groups is 2. The number of benzene rings is 1. The Morgan fingerprint density at radius 1 is 1.30 bits per heavy atom. The van der Waals surface area contributed by atoms with Crippen LogP contribution < -0.4 is 10.1 Å². The van der Waals surface area contributed by atoms with E-state index in [-0.39, 0.29) is 17.7 Å². The van der Waals surface area contributed by atoms with Crippen LogP contribution in [0.3, 0.4) is 0 Å². The summed E-state index contributed by atoms with van der Waals surface area (Å²) in [5, 5.41) is 3.26. The van der Waals surface area contributed by atoms with Crippen molar-refractivity contribution in [3.8, 4) is 5.75 Å². The topological polar surface area (TPSA) is 71.5 Å². The van der Waals surface area contributed by atoms with Gasteiger partial charge in [0.25, 0.3) is 5.91 Å². The van der Waals surface area contributed by atoms with E-state index in [0.717, 1.165) is 36.3 Å². The molecule has 2 aromatic rings. The molecule has 0 radical (unpaired) electrons. The molecule has 0 saturated carbocycles. The minimum absolute atomic E-state index is 0.0912. The average molecular weight is 430 g/mol. The van der Waals surface area contributed by atoms with E-state index >= 15 is 0 Å². The highest BCUT2D eigenvalue weighted by Crippen LogP contribution is 2.20. The van der Waals surface area contributed by atoms with E-state index in [0.29, 0.717) is 36.7 Å². The molecule has 1 fully saturated rings. The van der Waals surface area contributed by atoms with E-state index < -0.39 is 0 Å². The van der Waals surface area contributed by atoms with Gasteiger partial charge in [-0.15, -0.1) is 0 Å². The summed E-state index contributed by atoms with van der Waals surface area (Å²) < 4.78 is 5.82. The fourth-order valence-corrected chi connectivity index (χ4v) is 3.82. The van der Waals surface area contributed by atoms with Crippen molar-refractivity contribution in [1.29, 1.82) is 0 Å². The smallest absolute Gasteiger partial charge is 0.252 e. The van der Waals surface area contributed by atoms with Crippen molar-refractivity contribution in [3.63, 3.8) is 0 Å². The first-order chi connectivity index (χ1) is 14.4. The maximum atomic E-state index is 12.6. The SMILES string of the molecule is Cc1ccc(C)c(OCCC(=O)N2CCC[C@@H](CNC(=O)c3ccncc3Cl)C2)c1. The van der Waals surface area contributed by atoms with Crippen molar-refractivity contribution in [1.82, 2.24) is 15.2 Å². The van der Waals surface area contributed by atoms with Gasteiger partial charge in [0.2, 0.25) is 5.91 Å². The molecule has 2 heterocycles. The summed E-state index contributed by atoms with van der Waals surface area (Å²) in [5.74, 6) is 0.935. The largest absolute Gasteiger partial charge is 0.493 e. The molecule has 1 aliphatic heterocycles. The molecule has 0 spiro atoms. The molecule has 7 heteroatoms. The van der Waals surface area contributed by atoms with Gasteiger partial charge in [0.05, 0.1) is 23.6 Å². The lowest BCUT2D eigenvalue weighted by molar-refractivity contribution is -0.133. The van der Waals surface area contributed by atoms with Crippen LogP contribution in [0, 0.1) is 19.8 Å². The number of piperidine rings is 1. The summed E-state index contributed by atoms with van der Waals surface area (Å²) >= 11 is 6.03. The van der Waals surface area contributed by atoms with Gasteiger partial charge >= 0.3 is 0 Å². The van der Waals surface area contributed by atoms with Gasteiger partial charge in [0.1, 0.15) is 5.75 Å². The molecule has 1 aliphatic rings. The predicted molar refractivity (Wildman–Crippen MR) is 117 cm³/mol. The summed E-state index contributed by atoms with van der Waals surface area (Å²) in [4.78, 5) is 30.7. The molecule has 1 aromatic carbocycles. The van der Waals surface area contributed by atoms with E-state index in [4.69, 9.17) is 16.3 Å². The predicted octanol–water partition coefficient (Wildman–Crippen LogP) is 3.79. The molecule has 1 aromatic heterocycles. The molecule has 0 unspecified atom stereocenters. The van der Waals surface area contributed by atoms with Crippen molar-refractivity contribution in [2.24, 2.45) is 5.92 Å². The van der Waals surface area contributed by atoms with Crippen molar-refractivity contribution >= 4 is 23.4 Å². The highest BCUT2D eigenvalue weighted by molar-refractivity contribution is 6.33. The number of amides is 2. The second-order valence-electron chi connectivity index (χ2n) is 7.78. The number of carbonyl (C=O) groups excluding carboxylic acids is 2. The zero-order chi connectivity index (χ0) is 21.5. The van der Waals surface area contributed by atoms with Crippen LogP contribution in [0.15, 0.2) is 36.7 Å². The quantitative estimate of drug-likeness (QED) is 0.726. The number of hydrogen-bond acceptors (Lipinski definition) is 4. The van der Waals surface area contributed by atoms with Crippen LogP contribution >= 0.6 is 11.6 Å². The van der Waals surface area contributed by atoms with Crippen molar-refractivity contribution < 1.29 is 14.3 Å². The van der Waals surface area contributed by atoms with Crippen LogP contribution in [0.5, 0.6) is 5.75 Å². The lowest BCUT2D eigenvalue weighted by Gasteiger charge is -2.33. The summed E-state index contributed by atoms with van der Waals surface area (Å²) in [6.45, 7) is 6.30. The van der Waals surface area contributed by atoms with Crippen LogP contribution in [-0.2, 0) is 4.79 Å². The fraction of sp³-hybridized carbons (Fsp3) is 0.435. The van der Waals surface area contributed by atoms with Gasteiger partial charge in [-0.3, -0.25) is 14.6 Å². The zero-order valence-electron chi connectivity index (χ0n) is 17.5. The third-order valence-electron chi connectivity index (χ3n) is 5.36. The van der Waals surface area contributed by atoms with E-state index in [9.17, 15) is 9.59 Å². The zero-order valence-corrected chi connectivity index (χ0v) is 18.2. The molecule has 160 valence electrons. The summed E-state index contributed by atoms with van der Waals surface area (Å²) in [7, 11) is 0. The first kappa shape index (κ1) is 22.1. The van der Waals surface area contributed by atoms with Gasteiger partial charge in [-0.2, -0.15) is 0 Å². The molecule has 3 rings (SSSR count). The highest BCUT2D eigenvalue weighted by atomic mass is 35.5. The Labute approximate surface area is 182 Å². The normalized spacial score (nSPS) is 16.2. The first-order valence-electron chi connectivity index (χ1n) is 10.3. The maximum Gasteiger partial charge on any atom is 0.252 e. The van der Waals surface area contributed by atoms with Gasteiger partial charge in [-0.1, -0.05) is 23.7 Å². The van der Waals surface area contributed by atoms with Gasteiger partial charge in [0, 0.05) is 32.0 Å². The minimum atomic E-state index is -0.215. The average Bonchev–Trinajstić information content (AvgIpc) is 2.75. The Balaban J connectivity index is 1.44. The maximum absolute atomic E-state index is 12.6. The van der Waals surface area contributed by atoms with Gasteiger partial charge in [-0.05, 0) is 55.9 Å². The van der Waals surface area contributed by atoms with Crippen LogP contribution in [0.2, 0.25) is 5.02 Å². The number of rotatable bonds is 7. The number of ether oxygens (including phenoxy) is 1. The number of pyridine rings is 1. The highest BCUT2D eigenvalue weighted by Gasteiger charge is 2.24. The Kier molecular flexibility index (Phi) is 7.69. The second-order valence-corrected chi connectivity index (χ2v) is 8.19. The Bertz CT molecular complexity index is 903. The Morgan fingerprint density at radius 3 is 2.93 bits per heavy atom. The van der Waals surface area contributed by atoms with Gasteiger partial charge < -0.3 is 15.0 Å². The van der Waals surface area contributed by atoms with Crippen LogP contribution in [0.25, 0.3) is 0 Å². The number of nitrogens with zero attached hydrogens (tertiary/aromatic N) is 2. The van der Waals surface area contributed by atoms with Crippen molar-refractivity contribution in [3.05, 3.63) is 58.4 Å². The van der Waals surface area contributed by atoms with E-state index in [2.05, 4.69) is 10.3 Å². The summed E-state index contributed by atoms with van der Waals surface area (Å²) in [6, 6.07) is 7.66. The standard InChI is InChI=1S/C23H28ClN3O3/c1-16-5-6-17(2)21(12-16)30-11-8-22(28)27-10-3-4-18(15-27)13-26-23(29)19-7-9-25-14-20(19)24/h5-7,9,12,14,18H,3-4,8,10-11,13,15H2,1-2H3,(H,26,29)/t18-/m0/s1. The lowest BCUT2D eigenvalue weighted by atomic mass is 9.97. The van der Waals surface area contributed by atoms with Gasteiger partial charge in [-0.25, -0.2) is 0 Å². The van der Waals surface area contributed by atoms with E-state index in [1.165, 1.54) is 6.20 Å². The monoisotopic (exact) mass is 429 g/mol. The van der Waals surface area contributed by atoms with E-state index in [1.54, 1.807) is 12.3 Å². The lowest BCUT2D eigenvalue weighted by Crippen LogP contribution is -2.44. The summed E-state index contributed by atoms with van der Waals surface area (Å²) in [5.41, 5.74) is 2.62. The first-order valence-corrected chi connectivity index (χ1v) is 10.7. The Hall–Kier alpha value is -2.60. The number of aryl methyl sites for hydroxylation is 2. The van der Waals surface area contributed by atoms with Crippen molar-refractivity contribution in [2.75, 3.05) is 26.2 Å². The third kappa shape index (κ3) is 5.95.